The molecule has 23 heavy (non-hydrogen) atoms. The van der Waals surface area contributed by atoms with Crippen molar-refractivity contribution in [3.8, 4) is 17.6 Å². The minimum atomic E-state index is 0.303. The molecule has 0 amide bonds. The second-order valence-electron chi connectivity index (χ2n) is 5.62. The summed E-state index contributed by atoms with van der Waals surface area (Å²) in [4.78, 5) is 0. The van der Waals surface area contributed by atoms with Gasteiger partial charge >= 0.3 is 0 Å². The molecule has 0 aliphatic heterocycles. The Hall–Kier alpha value is -2.47. The maximum atomic E-state index is 9.96. The van der Waals surface area contributed by atoms with E-state index >= 15 is 0 Å². The molecule has 0 aliphatic rings. The molecule has 2 aromatic carbocycles. The van der Waals surface area contributed by atoms with Crippen molar-refractivity contribution in [2.75, 3.05) is 0 Å². The minimum Gasteiger partial charge on any atom is -0.508 e. The summed E-state index contributed by atoms with van der Waals surface area (Å²) in [5.74, 6) is 1.06. The van der Waals surface area contributed by atoms with E-state index in [4.69, 9.17) is 10.00 Å². The predicted molar refractivity (Wildman–Crippen MR) is 91.4 cm³/mol. The number of hydrogen-bond acceptors (Lipinski definition) is 3. The van der Waals surface area contributed by atoms with Crippen molar-refractivity contribution in [2.24, 2.45) is 0 Å². The molecular weight excluding hydrogens is 286 g/mol. The van der Waals surface area contributed by atoms with Crippen LogP contribution in [0.5, 0.6) is 11.5 Å². The third-order valence-corrected chi connectivity index (χ3v) is 3.78. The fraction of sp³-hybridized carbons (Fsp3) is 0.350. The molecular formula is C20H23NO2. The Balaban J connectivity index is 1.96. The lowest BCUT2D eigenvalue weighted by molar-refractivity contribution is 0.300. The molecule has 2 rings (SSSR count). The van der Waals surface area contributed by atoms with Gasteiger partial charge in [0.05, 0.1) is 6.07 Å². The van der Waals surface area contributed by atoms with Crippen LogP contribution >= 0.6 is 0 Å². The number of aryl methyl sites for hydroxylation is 1. The van der Waals surface area contributed by atoms with Crippen molar-refractivity contribution < 1.29 is 9.84 Å². The summed E-state index contributed by atoms with van der Waals surface area (Å²) in [6.45, 7) is 2.57. The number of nitrogens with zero attached hydrogens (tertiary/aromatic N) is 1. The number of nitriles is 1. The van der Waals surface area contributed by atoms with E-state index in [2.05, 4.69) is 37.3 Å². The van der Waals surface area contributed by atoms with Crippen molar-refractivity contribution in [1.82, 2.24) is 0 Å². The summed E-state index contributed by atoms with van der Waals surface area (Å²) in [6, 6.07) is 15.9. The lowest BCUT2D eigenvalue weighted by Crippen LogP contribution is -1.99. The molecule has 120 valence electrons. The molecule has 2 aromatic rings. The SMILES string of the molecule is CCCc1c(O)cccc1OCc1ccc(CCCC#N)cc1. The number of phenols is 1. The molecule has 0 aromatic heterocycles. The Labute approximate surface area is 138 Å². The van der Waals surface area contributed by atoms with Gasteiger partial charge in [0.15, 0.2) is 0 Å². The van der Waals surface area contributed by atoms with Gasteiger partial charge in [-0.1, -0.05) is 43.7 Å². The van der Waals surface area contributed by atoms with Crippen LogP contribution in [0.3, 0.4) is 0 Å². The zero-order valence-electron chi connectivity index (χ0n) is 13.6. The molecule has 0 fully saturated rings. The van der Waals surface area contributed by atoms with Gasteiger partial charge in [0, 0.05) is 12.0 Å². The molecule has 0 atom stereocenters. The van der Waals surface area contributed by atoms with Gasteiger partial charge in [-0.05, 0) is 42.5 Å². The van der Waals surface area contributed by atoms with Crippen LogP contribution in [0.4, 0.5) is 0 Å². The Morgan fingerprint density at radius 3 is 2.48 bits per heavy atom. The highest BCUT2D eigenvalue weighted by atomic mass is 16.5. The van der Waals surface area contributed by atoms with Crippen LogP contribution in [0.2, 0.25) is 0 Å². The molecule has 0 saturated heterocycles. The number of aromatic hydroxyl groups is 1. The van der Waals surface area contributed by atoms with Gasteiger partial charge < -0.3 is 9.84 Å². The molecule has 0 bridgehead atoms. The summed E-state index contributed by atoms with van der Waals surface area (Å²) in [7, 11) is 0. The van der Waals surface area contributed by atoms with Gasteiger partial charge in [-0.3, -0.25) is 0 Å². The number of hydrogen-bond donors (Lipinski definition) is 1. The molecule has 0 unspecified atom stereocenters. The Morgan fingerprint density at radius 1 is 1.04 bits per heavy atom. The molecule has 0 saturated carbocycles. The quantitative estimate of drug-likeness (QED) is 0.715. The van der Waals surface area contributed by atoms with E-state index in [0.29, 0.717) is 18.8 Å². The van der Waals surface area contributed by atoms with Crippen LogP contribution in [0, 0.1) is 11.3 Å². The van der Waals surface area contributed by atoms with Crippen molar-refractivity contribution in [3.63, 3.8) is 0 Å². The number of ether oxygens (including phenoxy) is 1. The molecule has 1 N–H and O–H groups in total. The maximum Gasteiger partial charge on any atom is 0.126 e. The topological polar surface area (TPSA) is 53.2 Å². The molecule has 0 radical (unpaired) electrons. The van der Waals surface area contributed by atoms with E-state index in [9.17, 15) is 5.11 Å². The first kappa shape index (κ1) is 16.9. The van der Waals surface area contributed by atoms with Crippen LogP contribution < -0.4 is 4.74 Å². The Bertz CT molecular complexity index is 656. The van der Waals surface area contributed by atoms with Gasteiger partial charge in [0.2, 0.25) is 0 Å². The van der Waals surface area contributed by atoms with Crippen molar-refractivity contribution in [3.05, 3.63) is 59.2 Å². The number of benzene rings is 2. The van der Waals surface area contributed by atoms with Crippen molar-refractivity contribution in [2.45, 2.75) is 45.6 Å². The second kappa shape index (κ2) is 8.85. The van der Waals surface area contributed by atoms with E-state index in [1.807, 2.05) is 12.1 Å². The molecule has 3 nitrogen and oxygen atoms in total. The van der Waals surface area contributed by atoms with Gasteiger partial charge in [0.25, 0.3) is 0 Å². The first-order valence-corrected chi connectivity index (χ1v) is 8.13. The summed E-state index contributed by atoms with van der Waals surface area (Å²) >= 11 is 0. The standard InChI is InChI=1S/C20H23NO2/c1-2-6-18-19(22)8-5-9-20(18)23-15-17-12-10-16(11-13-17)7-3-4-14-21/h5,8-13,22H,2-4,6-7,15H2,1H3. The fourth-order valence-electron chi connectivity index (χ4n) is 2.53. The maximum absolute atomic E-state index is 9.96. The average Bonchev–Trinajstić information content (AvgIpc) is 2.57. The zero-order chi connectivity index (χ0) is 16.5. The zero-order valence-corrected chi connectivity index (χ0v) is 13.6. The predicted octanol–water partition coefficient (Wildman–Crippen LogP) is 4.77. The van der Waals surface area contributed by atoms with Crippen LogP contribution in [-0.2, 0) is 19.4 Å². The van der Waals surface area contributed by atoms with Gasteiger partial charge in [-0.2, -0.15) is 5.26 Å². The Kier molecular flexibility index (Phi) is 6.50. The molecule has 0 spiro atoms. The van der Waals surface area contributed by atoms with E-state index < -0.39 is 0 Å². The van der Waals surface area contributed by atoms with Gasteiger partial charge in [-0.15, -0.1) is 0 Å². The Morgan fingerprint density at radius 2 is 1.78 bits per heavy atom. The normalized spacial score (nSPS) is 10.3. The van der Waals surface area contributed by atoms with Crippen molar-refractivity contribution >= 4 is 0 Å². The fourth-order valence-corrected chi connectivity index (χ4v) is 2.53. The lowest BCUT2D eigenvalue weighted by atomic mass is 10.1. The van der Waals surface area contributed by atoms with E-state index in [1.165, 1.54) is 5.56 Å². The lowest BCUT2D eigenvalue weighted by Gasteiger charge is -2.12. The van der Waals surface area contributed by atoms with Crippen LogP contribution in [-0.4, -0.2) is 5.11 Å². The monoisotopic (exact) mass is 309 g/mol. The number of rotatable bonds is 8. The summed E-state index contributed by atoms with van der Waals surface area (Å²) in [5.41, 5.74) is 3.22. The van der Waals surface area contributed by atoms with Gasteiger partial charge in [-0.25, -0.2) is 0 Å². The van der Waals surface area contributed by atoms with E-state index in [0.717, 1.165) is 42.6 Å². The smallest absolute Gasteiger partial charge is 0.126 e. The average molecular weight is 309 g/mol. The van der Waals surface area contributed by atoms with Crippen molar-refractivity contribution in [1.29, 1.82) is 5.26 Å². The highest BCUT2D eigenvalue weighted by Gasteiger charge is 2.08. The number of unbranched alkanes of at least 4 members (excludes halogenated alkanes) is 1. The molecule has 0 aliphatic carbocycles. The highest BCUT2D eigenvalue weighted by Crippen LogP contribution is 2.29. The summed E-state index contributed by atoms with van der Waals surface area (Å²) in [6.07, 6.45) is 4.20. The van der Waals surface area contributed by atoms with E-state index in [-0.39, 0.29) is 0 Å². The third-order valence-electron chi connectivity index (χ3n) is 3.78. The summed E-state index contributed by atoms with van der Waals surface area (Å²) in [5, 5.41) is 18.5. The first-order chi connectivity index (χ1) is 11.2. The molecule has 0 heterocycles. The van der Waals surface area contributed by atoms with Gasteiger partial charge in [0.1, 0.15) is 18.1 Å². The summed E-state index contributed by atoms with van der Waals surface area (Å²) < 4.78 is 5.89. The molecule has 3 heteroatoms. The highest BCUT2D eigenvalue weighted by molar-refractivity contribution is 5.44. The first-order valence-electron chi connectivity index (χ1n) is 8.13. The van der Waals surface area contributed by atoms with Crippen LogP contribution in [0.25, 0.3) is 0 Å². The van der Waals surface area contributed by atoms with Crippen LogP contribution in [0.15, 0.2) is 42.5 Å². The largest absolute Gasteiger partial charge is 0.508 e. The minimum absolute atomic E-state index is 0.303. The number of phenolic OH excluding ortho intramolecular Hbond substituents is 1. The second-order valence-corrected chi connectivity index (χ2v) is 5.62. The van der Waals surface area contributed by atoms with E-state index in [1.54, 1.807) is 6.07 Å². The van der Waals surface area contributed by atoms with Crippen LogP contribution in [0.1, 0.15) is 42.9 Å². The third kappa shape index (κ3) is 5.03.